The number of nitrogens with one attached hydrogen (secondary N) is 3. The van der Waals surface area contributed by atoms with E-state index in [9.17, 15) is 39.6 Å². The molecule has 0 saturated carbocycles. The summed E-state index contributed by atoms with van der Waals surface area (Å²) < 4.78 is 0. The summed E-state index contributed by atoms with van der Waals surface area (Å²) in [4.78, 5) is 49.9. The van der Waals surface area contributed by atoms with Crippen molar-refractivity contribution in [2.45, 2.75) is 75.9 Å². The summed E-state index contributed by atoms with van der Waals surface area (Å²) in [5.41, 5.74) is 11.8. The Morgan fingerprint density at radius 1 is 0.861 bits per heavy atom. The predicted octanol–water partition coefficient (Wildman–Crippen LogP) is -2.31. The molecule has 0 fully saturated rings. The van der Waals surface area contributed by atoms with Crippen LogP contribution in [0.2, 0.25) is 0 Å². The zero-order valence-corrected chi connectivity index (χ0v) is 20.4. The van der Waals surface area contributed by atoms with Crippen molar-refractivity contribution in [1.29, 1.82) is 0 Å². The van der Waals surface area contributed by atoms with E-state index < -0.39 is 60.1 Å². The molecular weight excluding hydrogens is 474 g/mol. The fourth-order valence-corrected chi connectivity index (χ4v) is 3.24. The molecule has 6 atom stereocenters. The van der Waals surface area contributed by atoms with Crippen molar-refractivity contribution in [3.05, 3.63) is 29.8 Å². The lowest BCUT2D eigenvalue weighted by Crippen LogP contribution is -2.59. The highest BCUT2D eigenvalue weighted by Crippen LogP contribution is 2.12. The van der Waals surface area contributed by atoms with Gasteiger partial charge in [0.15, 0.2) is 6.04 Å². The second kappa shape index (κ2) is 15.0. The van der Waals surface area contributed by atoms with Crippen LogP contribution in [0.3, 0.4) is 0 Å². The zero-order chi connectivity index (χ0) is 27.4. The van der Waals surface area contributed by atoms with Crippen molar-refractivity contribution < 1.29 is 39.6 Å². The van der Waals surface area contributed by atoms with E-state index in [1.165, 1.54) is 26.0 Å². The lowest BCUT2D eigenvalue weighted by Gasteiger charge is -2.26. The molecule has 1 aromatic rings. The first-order chi connectivity index (χ1) is 16.9. The van der Waals surface area contributed by atoms with Gasteiger partial charge in [0.25, 0.3) is 0 Å². The Hall–Kier alpha value is -3.26. The maximum absolute atomic E-state index is 13.2. The second-order valence-electron chi connectivity index (χ2n) is 8.61. The average molecular weight is 512 g/mol. The molecule has 6 unspecified atom stereocenters. The van der Waals surface area contributed by atoms with Crippen molar-refractivity contribution >= 4 is 23.7 Å². The summed E-state index contributed by atoms with van der Waals surface area (Å²) in [6.07, 6.45) is -1.53. The molecule has 0 radical (unpaired) electrons. The van der Waals surface area contributed by atoms with E-state index in [1.807, 2.05) is 0 Å². The molecule has 202 valence electrons. The molecule has 1 rings (SSSR count). The standard InChI is InChI=1S/C23H37N5O8/c1-12(29)18(25)22(34)27-17(11-14-6-8-15(31)9-7-14)21(33)26-16(5-3-4-10-24)20(32)28-19(13(2)30)23(35)36/h6-9,12-13,16-19,29-31H,3-5,10-11,24-25H2,1-2H3,(H,26,33)(H,27,34)(H,28,32)(H,35,36). The number of carbonyl (C=O) groups is 4. The van der Waals surface area contributed by atoms with Gasteiger partial charge in [-0.15, -0.1) is 0 Å². The molecule has 1 aromatic carbocycles. The Balaban J connectivity index is 3.14. The molecule has 0 aliphatic rings. The molecule has 0 aliphatic carbocycles. The maximum Gasteiger partial charge on any atom is 0.328 e. The number of phenols is 1. The Morgan fingerprint density at radius 2 is 1.42 bits per heavy atom. The zero-order valence-electron chi connectivity index (χ0n) is 20.4. The number of aliphatic hydroxyl groups excluding tert-OH is 2. The number of aliphatic hydroxyl groups is 2. The number of nitrogens with two attached hydrogens (primary N) is 2. The van der Waals surface area contributed by atoms with Crippen LogP contribution in [0.4, 0.5) is 0 Å². The van der Waals surface area contributed by atoms with Crippen LogP contribution in [-0.2, 0) is 25.6 Å². The van der Waals surface area contributed by atoms with Crippen LogP contribution >= 0.6 is 0 Å². The Labute approximate surface area is 209 Å². The molecule has 0 aromatic heterocycles. The van der Waals surface area contributed by atoms with Crippen molar-refractivity contribution in [3.63, 3.8) is 0 Å². The SMILES string of the molecule is CC(O)C(N)C(=O)NC(Cc1ccc(O)cc1)C(=O)NC(CCCCN)C(=O)NC(C(=O)O)C(C)O. The van der Waals surface area contributed by atoms with E-state index in [0.29, 0.717) is 24.9 Å². The summed E-state index contributed by atoms with van der Waals surface area (Å²) in [6, 6.07) is 0.577. The number of benzene rings is 1. The first-order valence-electron chi connectivity index (χ1n) is 11.6. The number of unbranched alkanes of at least 4 members (excludes halogenated alkanes) is 1. The van der Waals surface area contributed by atoms with Gasteiger partial charge in [-0.3, -0.25) is 14.4 Å². The molecule has 0 aliphatic heterocycles. The summed E-state index contributed by atoms with van der Waals surface area (Å²) in [5.74, 6) is -3.83. The quantitative estimate of drug-likeness (QED) is 0.114. The highest BCUT2D eigenvalue weighted by atomic mass is 16.4. The molecule has 0 bridgehead atoms. The van der Waals surface area contributed by atoms with Crippen LogP contribution in [0.15, 0.2) is 24.3 Å². The molecule has 36 heavy (non-hydrogen) atoms. The number of carbonyl (C=O) groups excluding carboxylic acids is 3. The molecule has 0 saturated heterocycles. The number of aliphatic carboxylic acids is 1. The normalized spacial score (nSPS) is 16.1. The summed E-state index contributed by atoms with van der Waals surface area (Å²) in [7, 11) is 0. The Kier molecular flexibility index (Phi) is 12.8. The van der Waals surface area contributed by atoms with Crippen LogP contribution in [-0.4, -0.2) is 87.0 Å². The van der Waals surface area contributed by atoms with E-state index in [1.54, 1.807) is 12.1 Å². The maximum atomic E-state index is 13.2. The number of aromatic hydroxyl groups is 1. The van der Waals surface area contributed by atoms with Gasteiger partial charge in [-0.05, 0) is 57.4 Å². The van der Waals surface area contributed by atoms with Crippen LogP contribution in [0, 0.1) is 0 Å². The van der Waals surface area contributed by atoms with Gasteiger partial charge < -0.3 is 47.8 Å². The van der Waals surface area contributed by atoms with Gasteiger partial charge in [-0.2, -0.15) is 0 Å². The minimum Gasteiger partial charge on any atom is -0.508 e. The number of phenolic OH excluding ortho intramolecular Hbond substituents is 1. The van der Waals surface area contributed by atoms with Crippen LogP contribution in [0.1, 0.15) is 38.7 Å². The fraction of sp³-hybridized carbons (Fsp3) is 0.565. The molecular formula is C23H37N5O8. The lowest BCUT2D eigenvalue weighted by molar-refractivity contribution is -0.145. The lowest BCUT2D eigenvalue weighted by atomic mass is 10.0. The highest BCUT2D eigenvalue weighted by Gasteiger charge is 2.32. The number of rotatable bonds is 15. The van der Waals surface area contributed by atoms with E-state index >= 15 is 0 Å². The monoisotopic (exact) mass is 511 g/mol. The number of carboxylic acid groups (broad SMARTS) is 1. The van der Waals surface area contributed by atoms with Crippen molar-refractivity contribution in [1.82, 2.24) is 16.0 Å². The largest absolute Gasteiger partial charge is 0.508 e. The molecule has 0 spiro atoms. The fourth-order valence-electron chi connectivity index (χ4n) is 3.24. The van der Waals surface area contributed by atoms with Gasteiger partial charge >= 0.3 is 5.97 Å². The van der Waals surface area contributed by atoms with Gasteiger partial charge in [0.1, 0.15) is 23.9 Å². The topological polar surface area (TPSA) is 237 Å². The number of hydrogen-bond acceptors (Lipinski definition) is 9. The molecule has 11 N–H and O–H groups in total. The van der Waals surface area contributed by atoms with Crippen molar-refractivity contribution in [2.75, 3.05) is 6.54 Å². The Morgan fingerprint density at radius 3 is 1.92 bits per heavy atom. The van der Waals surface area contributed by atoms with Gasteiger partial charge in [-0.25, -0.2) is 4.79 Å². The van der Waals surface area contributed by atoms with Gasteiger partial charge in [-0.1, -0.05) is 12.1 Å². The number of carboxylic acids is 1. The van der Waals surface area contributed by atoms with E-state index in [-0.39, 0.29) is 18.6 Å². The van der Waals surface area contributed by atoms with Gasteiger partial charge in [0.05, 0.1) is 12.2 Å². The second-order valence-corrected chi connectivity index (χ2v) is 8.61. The first-order valence-corrected chi connectivity index (χ1v) is 11.6. The highest BCUT2D eigenvalue weighted by molar-refractivity contribution is 5.94. The van der Waals surface area contributed by atoms with Gasteiger partial charge in [0, 0.05) is 6.42 Å². The smallest absolute Gasteiger partial charge is 0.328 e. The minimum atomic E-state index is -1.59. The third-order valence-corrected chi connectivity index (χ3v) is 5.46. The van der Waals surface area contributed by atoms with Crippen LogP contribution in [0.5, 0.6) is 5.75 Å². The molecule has 13 heteroatoms. The molecule has 3 amide bonds. The van der Waals surface area contributed by atoms with E-state index in [4.69, 9.17) is 11.5 Å². The molecule has 13 nitrogen and oxygen atoms in total. The first kappa shape index (κ1) is 30.8. The molecule has 0 heterocycles. The van der Waals surface area contributed by atoms with Crippen LogP contribution in [0.25, 0.3) is 0 Å². The van der Waals surface area contributed by atoms with Crippen molar-refractivity contribution in [3.8, 4) is 5.75 Å². The van der Waals surface area contributed by atoms with Crippen LogP contribution < -0.4 is 27.4 Å². The summed E-state index contributed by atoms with van der Waals surface area (Å²) in [5, 5.41) is 45.3. The number of hydrogen-bond donors (Lipinski definition) is 9. The summed E-state index contributed by atoms with van der Waals surface area (Å²) >= 11 is 0. The summed E-state index contributed by atoms with van der Waals surface area (Å²) in [6.45, 7) is 2.86. The third kappa shape index (κ3) is 10.2. The average Bonchev–Trinajstić information content (AvgIpc) is 2.81. The van der Waals surface area contributed by atoms with Crippen molar-refractivity contribution in [2.24, 2.45) is 11.5 Å². The third-order valence-electron chi connectivity index (χ3n) is 5.46. The number of amides is 3. The predicted molar refractivity (Wildman–Crippen MR) is 129 cm³/mol. The van der Waals surface area contributed by atoms with Gasteiger partial charge in [0.2, 0.25) is 17.7 Å². The van der Waals surface area contributed by atoms with E-state index in [2.05, 4.69) is 16.0 Å². The van der Waals surface area contributed by atoms with E-state index in [0.717, 1.165) is 0 Å². The Bertz CT molecular complexity index is 878. The minimum absolute atomic E-state index is 0.00245.